The van der Waals surface area contributed by atoms with Crippen molar-refractivity contribution >= 4 is 23.9 Å². The molecule has 1 fully saturated rings. The van der Waals surface area contributed by atoms with Crippen LogP contribution in [0.3, 0.4) is 0 Å². The predicted octanol–water partition coefficient (Wildman–Crippen LogP) is 4.35. The van der Waals surface area contributed by atoms with Crippen LogP contribution in [0.5, 0.6) is 5.75 Å². The van der Waals surface area contributed by atoms with Crippen molar-refractivity contribution in [2.75, 3.05) is 27.3 Å². The molecule has 1 aliphatic heterocycles. The number of carbonyl (C=O) groups excluding carboxylic acids is 4. The molecule has 5 N–H and O–H groups in total. The smallest absolute Gasteiger partial charge is 0.407 e. The average molecular weight is 774 g/mol. The van der Waals surface area contributed by atoms with Crippen molar-refractivity contribution in [2.24, 2.45) is 17.8 Å². The van der Waals surface area contributed by atoms with E-state index in [1.54, 1.807) is 29.2 Å². The highest BCUT2D eigenvalue weighted by Crippen LogP contribution is 2.28. The monoisotopic (exact) mass is 773 g/mol. The Hall–Kier alpha value is -5.21. The van der Waals surface area contributed by atoms with Gasteiger partial charge in [-0.05, 0) is 60.6 Å². The molecule has 0 aliphatic carbocycles. The van der Waals surface area contributed by atoms with E-state index in [0.717, 1.165) is 22.5 Å². The number of methoxy groups -OCH3 is 2. The third-order valence-corrected chi connectivity index (χ3v) is 10.6. The molecule has 5 amide bonds. The number of carbonyl (C=O) groups is 4. The molecule has 1 unspecified atom stereocenters. The van der Waals surface area contributed by atoms with Gasteiger partial charge in [0.2, 0.25) is 5.91 Å². The molecule has 1 aliphatic rings. The summed E-state index contributed by atoms with van der Waals surface area (Å²) in [6.07, 6.45) is -0.330. The number of pyridine rings is 1. The van der Waals surface area contributed by atoms with E-state index in [9.17, 15) is 24.3 Å². The molecule has 1 saturated heterocycles. The lowest BCUT2D eigenvalue weighted by Gasteiger charge is -2.36. The number of rotatable bonds is 20. The number of aliphatic hydroxyl groups excluding tert-OH is 1. The van der Waals surface area contributed by atoms with Gasteiger partial charge >= 0.3 is 12.1 Å². The highest BCUT2D eigenvalue weighted by atomic mass is 16.5. The van der Waals surface area contributed by atoms with Crippen molar-refractivity contribution in [2.45, 2.75) is 91.2 Å². The van der Waals surface area contributed by atoms with E-state index >= 15 is 0 Å². The number of aryl methyl sites for hydroxylation is 1. The molecule has 0 radical (unpaired) electrons. The Balaban J connectivity index is 1.64. The minimum absolute atomic E-state index is 0.0797. The van der Waals surface area contributed by atoms with E-state index in [-0.39, 0.29) is 50.0 Å². The fraction of sp³-hybridized carbons (Fsp3) is 0.500. The molecule has 0 spiro atoms. The number of aliphatic hydroxyl groups is 1. The zero-order valence-corrected chi connectivity index (χ0v) is 33.7. The maximum Gasteiger partial charge on any atom is 0.407 e. The molecule has 0 saturated carbocycles. The number of ether oxygens (including phenoxy) is 2. The summed E-state index contributed by atoms with van der Waals surface area (Å²) in [6.45, 7) is 10.3. The van der Waals surface area contributed by atoms with Gasteiger partial charge in [0.1, 0.15) is 11.8 Å². The van der Waals surface area contributed by atoms with Crippen molar-refractivity contribution < 1.29 is 33.8 Å². The Bertz CT molecular complexity index is 1730. The summed E-state index contributed by atoms with van der Waals surface area (Å²) in [5.74, 6) is -1.05. The number of amides is 5. The first-order chi connectivity index (χ1) is 26.9. The topological polar surface area (TPSA) is 174 Å². The van der Waals surface area contributed by atoms with E-state index in [1.165, 1.54) is 7.11 Å². The highest BCUT2D eigenvalue weighted by Gasteiger charge is 2.43. The Labute approximate surface area is 330 Å². The molecule has 14 nitrogen and oxygen atoms in total. The van der Waals surface area contributed by atoms with Gasteiger partial charge in [-0.1, -0.05) is 89.1 Å². The second-order valence-corrected chi connectivity index (χ2v) is 14.6. The summed E-state index contributed by atoms with van der Waals surface area (Å²) in [7, 11) is 2.81. The first kappa shape index (κ1) is 43.5. The van der Waals surface area contributed by atoms with Crippen molar-refractivity contribution in [3.05, 3.63) is 95.3 Å². The van der Waals surface area contributed by atoms with Gasteiger partial charge in [-0.15, -0.1) is 0 Å². The molecular formula is C42H59N7O7. The Kier molecular flexibility index (Phi) is 16.5. The SMILES string of the molecule is CC[C@H](C)[C@H](NC(=O)OC)C(=O)NN(Cc1ccc(OC)cc1)C[C@H](O)[C@H](Cc1ccccc1)NC(=O)[C@H](C1CNC(=O)N1Cc1cccc(C)n1)[C@@H](C)CC. The van der Waals surface area contributed by atoms with Crippen LogP contribution in [0.25, 0.3) is 0 Å². The van der Waals surface area contributed by atoms with E-state index < -0.39 is 42.1 Å². The average Bonchev–Trinajstić information content (AvgIpc) is 3.54. The van der Waals surface area contributed by atoms with Gasteiger partial charge in [-0.3, -0.25) is 20.0 Å². The van der Waals surface area contributed by atoms with E-state index in [4.69, 9.17) is 9.47 Å². The van der Waals surface area contributed by atoms with Crippen molar-refractivity contribution in [1.82, 2.24) is 36.3 Å². The molecule has 0 bridgehead atoms. The molecular weight excluding hydrogens is 715 g/mol. The number of hydrogen-bond donors (Lipinski definition) is 5. The number of urea groups is 1. The van der Waals surface area contributed by atoms with Gasteiger partial charge in [0.25, 0.3) is 5.91 Å². The summed E-state index contributed by atoms with van der Waals surface area (Å²) in [4.78, 5) is 60.1. The van der Waals surface area contributed by atoms with Crippen LogP contribution in [0, 0.1) is 24.7 Å². The second-order valence-electron chi connectivity index (χ2n) is 14.6. The van der Waals surface area contributed by atoms with Gasteiger partial charge in [0.05, 0.1) is 50.6 Å². The Morgan fingerprint density at radius 2 is 1.62 bits per heavy atom. The van der Waals surface area contributed by atoms with Crippen molar-refractivity contribution in [3.8, 4) is 5.75 Å². The fourth-order valence-electron chi connectivity index (χ4n) is 6.99. The lowest BCUT2D eigenvalue weighted by Crippen LogP contribution is -2.58. The molecule has 2 heterocycles. The molecule has 304 valence electrons. The third kappa shape index (κ3) is 12.1. The summed E-state index contributed by atoms with van der Waals surface area (Å²) in [5, 5.41) is 22.5. The van der Waals surface area contributed by atoms with Crippen molar-refractivity contribution in [1.29, 1.82) is 0 Å². The van der Waals surface area contributed by atoms with Crippen LogP contribution in [0.4, 0.5) is 9.59 Å². The fourth-order valence-corrected chi connectivity index (χ4v) is 6.99. The first-order valence-corrected chi connectivity index (χ1v) is 19.4. The predicted molar refractivity (Wildman–Crippen MR) is 213 cm³/mol. The number of benzene rings is 2. The Morgan fingerprint density at radius 3 is 2.25 bits per heavy atom. The molecule has 14 heteroatoms. The normalized spacial score (nSPS) is 17.2. The minimum Gasteiger partial charge on any atom is -0.497 e. The largest absolute Gasteiger partial charge is 0.497 e. The van der Waals surface area contributed by atoms with Gasteiger partial charge < -0.3 is 35.4 Å². The van der Waals surface area contributed by atoms with Crippen LogP contribution in [-0.4, -0.2) is 95.5 Å². The maximum atomic E-state index is 14.6. The molecule has 2 aromatic carbocycles. The molecule has 4 rings (SSSR count). The third-order valence-electron chi connectivity index (χ3n) is 10.6. The van der Waals surface area contributed by atoms with Gasteiger partial charge in [-0.2, -0.15) is 0 Å². The first-order valence-electron chi connectivity index (χ1n) is 19.4. The molecule has 1 aromatic heterocycles. The Morgan fingerprint density at radius 1 is 0.929 bits per heavy atom. The minimum atomic E-state index is -1.18. The van der Waals surface area contributed by atoms with Crippen molar-refractivity contribution in [3.63, 3.8) is 0 Å². The van der Waals surface area contributed by atoms with Crippen LogP contribution < -0.4 is 26.1 Å². The van der Waals surface area contributed by atoms with E-state index in [0.29, 0.717) is 25.0 Å². The maximum absolute atomic E-state index is 14.6. The van der Waals surface area contributed by atoms with Crippen LogP contribution in [0.2, 0.25) is 0 Å². The summed E-state index contributed by atoms with van der Waals surface area (Å²) in [5.41, 5.74) is 6.21. The summed E-state index contributed by atoms with van der Waals surface area (Å²) >= 11 is 0. The van der Waals surface area contributed by atoms with Crippen LogP contribution in [-0.2, 0) is 33.8 Å². The number of nitrogens with one attached hydrogen (secondary N) is 4. The number of alkyl carbamates (subject to hydrolysis) is 1. The lowest BCUT2D eigenvalue weighted by atomic mass is 9.83. The number of aromatic nitrogens is 1. The second kappa shape index (κ2) is 21.2. The molecule has 7 atom stereocenters. The quantitative estimate of drug-likeness (QED) is 0.105. The summed E-state index contributed by atoms with van der Waals surface area (Å²) in [6, 6.07) is 20.1. The number of nitrogens with zero attached hydrogens (tertiary/aromatic N) is 3. The van der Waals surface area contributed by atoms with Crippen LogP contribution in [0.1, 0.15) is 63.1 Å². The standard InChI is InChI=1S/C42H59N7O7/c1-8-27(3)37(35-23-43-41(53)49(35)25-32-17-13-14-29(5)44-32)39(51)45-34(22-30-15-11-10-12-16-30)36(50)26-48(24-31-18-20-33(55-6)21-19-31)47-40(52)38(28(4)9-2)46-42(54)56-7/h10-21,27-28,34-38,50H,8-9,22-26H2,1-7H3,(H,43,53)(H,45,51)(H,46,54)(H,47,52)/t27-,28-,34-,35?,36-,37-,38-/m0/s1. The van der Waals surface area contributed by atoms with E-state index in [2.05, 4.69) is 26.4 Å². The summed E-state index contributed by atoms with van der Waals surface area (Å²) < 4.78 is 10.1. The van der Waals surface area contributed by atoms with Gasteiger partial charge in [0, 0.05) is 25.3 Å². The molecule has 3 aromatic rings. The van der Waals surface area contributed by atoms with E-state index in [1.807, 2.05) is 95.3 Å². The van der Waals surface area contributed by atoms with Gasteiger partial charge in [-0.25, -0.2) is 14.6 Å². The van der Waals surface area contributed by atoms with Crippen LogP contribution >= 0.6 is 0 Å². The van der Waals surface area contributed by atoms with Crippen LogP contribution in [0.15, 0.2) is 72.8 Å². The zero-order valence-electron chi connectivity index (χ0n) is 33.7. The van der Waals surface area contributed by atoms with Gasteiger partial charge in [0.15, 0.2) is 0 Å². The molecule has 56 heavy (non-hydrogen) atoms. The number of hydrogen-bond acceptors (Lipinski definition) is 9. The number of hydrazine groups is 1. The zero-order chi connectivity index (χ0) is 40.8. The highest BCUT2D eigenvalue weighted by molar-refractivity contribution is 5.85. The lowest BCUT2D eigenvalue weighted by molar-refractivity contribution is -0.132.